The van der Waals surface area contributed by atoms with Gasteiger partial charge in [0.1, 0.15) is 12.4 Å². The van der Waals surface area contributed by atoms with Crippen molar-refractivity contribution in [3.63, 3.8) is 0 Å². The van der Waals surface area contributed by atoms with Crippen molar-refractivity contribution in [1.82, 2.24) is 19.8 Å². The molecule has 35 heavy (non-hydrogen) atoms. The average molecular weight is 475 g/mol. The van der Waals surface area contributed by atoms with E-state index in [2.05, 4.69) is 73.3 Å². The molecule has 1 aliphatic heterocycles. The molecule has 6 heteroatoms. The van der Waals surface area contributed by atoms with E-state index in [1.165, 1.54) is 5.56 Å². The summed E-state index contributed by atoms with van der Waals surface area (Å²) in [5.41, 5.74) is 2.96. The number of ether oxygens (including phenoxy) is 1. The highest BCUT2D eigenvalue weighted by molar-refractivity contribution is 5.78. The Labute approximate surface area is 209 Å². The van der Waals surface area contributed by atoms with Gasteiger partial charge in [0.25, 0.3) is 0 Å². The summed E-state index contributed by atoms with van der Waals surface area (Å²) in [6.45, 7) is 9.97. The third kappa shape index (κ3) is 6.19. The Balaban J connectivity index is 1.81. The van der Waals surface area contributed by atoms with E-state index in [0.29, 0.717) is 19.0 Å². The maximum Gasteiger partial charge on any atom is 0.249 e. The summed E-state index contributed by atoms with van der Waals surface area (Å²) in [6.07, 6.45) is 3.20. The van der Waals surface area contributed by atoms with Crippen LogP contribution in [0, 0.1) is 11.3 Å². The lowest BCUT2D eigenvalue weighted by atomic mass is 9.84. The van der Waals surface area contributed by atoms with Crippen LogP contribution in [0.3, 0.4) is 0 Å². The SMILES string of the molecule is COCC(=O)N(C[C@@H]1CCNC1)[C@@H](c1nc(-c2ccccc2)cn1Cc1ccccc1)C(C)(C)C. The second kappa shape index (κ2) is 11.2. The molecule has 2 aromatic carbocycles. The van der Waals surface area contributed by atoms with Crippen LogP contribution in [0.15, 0.2) is 66.9 Å². The first kappa shape index (κ1) is 25.1. The van der Waals surface area contributed by atoms with Gasteiger partial charge in [0.05, 0.1) is 11.7 Å². The highest BCUT2D eigenvalue weighted by Gasteiger charge is 2.39. The molecule has 0 bridgehead atoms. The second-order valence-corrected chi connectivity index (χ2v) is 10.6. The third-order valence-corrected chi connectivity index (χ3v) is 6.65. The van der Waals surface area contributed by atoms with Crippen molar-refractivity contribution in [2.75, 3.05) is 33.4 Å². The minimum absolute atomic E-state index is 0.00912. The fraction of sp³-hybridized carbons (Fsp3) is 0.448. The van der Waals surface area contributed by atoms with Crippen LogP contribution < -0.4 is 5.32 Å². The van der Waals surface area contributed by atoms with E-state index in [4.69, 9.17) is 9.72 Å². The van der Waals surface area contributed by atoms with Crippen molar-refractivity contribution >= 4 is 5.91 Å². The van der Waals surface area contributed by atoms with Gasteiger partial charge in [0, 0.05) is 32.0 Å². The number of nitrogens with zero attached hydrogens (tertiary/aromatic N) is 3. The molecule has 3 aromatic rings. The van der Waals surface area contributed by atoms with Crippen molar-refractivity contribution in [3.05, 3.63) is 78.2 Å². The van der Waals surface area contributed by atoms with Gasteiger partial charge in [-0.1, -0.05) is 81.4 Å². The van der Waals surface area contributed by atoms with E-state index in [-0.39, 0.29) is 24.0 Å². The van der Waals surface area contributed by atoms with Gasteiger partial charge in [-0.2, -0.15) is 0 Å². The van der Waals surface area contributed by atoms with E-state index < -0.39 is 0 Å². The molecule has 186 valence electrons. The molecule has 1 aliphatic rings. The molecule has 1 fully saturated rings. The van der Waals surface area contributed by atoms with Crippen LogP contribution in [0.25, 0.3) is 11.3 Å². The third-order valence-electron chi connectivity index (χ3n) is 6.65. The van der Waals surface area contributed by atoms with E-state index >= 15 is 0 Å². The molecular formula is C29H38N4O2. The molecule has 0 aliphatic carbocycles. The summed E-state index contributed by atoms with van der Waals surface area (Å²) in [5, 5.41) is 3.45. The molecule has 0 spiro atoms. The number of hydrogen-bond acceptors (Lipinski definition) is 4. The van der Waals surface area contributed by atoms with E-state index in [0.717, 1.165) is 36.6 Å². The van der Waals surface area contributed by atoms with Gasteiger partial charge in [-0.25, -0.2) is 4.98 Å². The maximum absolute atomic E-state index is 13.5. The molecule has 4 rings (SSSR count). The zero-order chi connectivity index (χ0) is 24.8. The lowest BCUT2D eigenvalue weighted by molar-refractivity contribution is -0.141. The van der Waals surface area contributed by atoms with Crippen molar-refractivity contribution in [2.24, 2.45) is 11.3 Å². The minimum Gasteiger partial charge on any atom is -0.375 e. The fourth-order valence-electron chi connectivity index (χ4n) is 5.00. The standard InChI is InChI=1S/C29H38N4O2/c1-29(2,3)27(33(26(34)21-35-4)19-23-15-16-30-17-23)28-31-25(24-13-9-6-10-14-24)20-32(28)18-22-11-7-5-8-12-22/h5-14,20,23,27,30H,15-19,21H2,1-4H3/t23-,27+/m1/s1. The molecule has 1 amide bonds. The molecule has 0 saturated carbocycles. The molecule has 0 unspecified atom stereocenters. The highest BCUT2D eigenvalue weighted by Crippen LogP contribution is 2.39. The Morgan fingerprint density at radius 3 is 2.43 bits per heavy atom. The normalized spacial score (nSPS) is 16.9. The first-order chi connectivity index (χ1) is 16.9. The van der Waals surface area contributed by atoms with Crippen molar-refractivity contribution in [1.29, 1.82) is 0 Å². The van der Waals surface area contributed by atoms with Crippen LogP contribution in [-0.4, -0.2) is 53.7 Å². The van der Waals surface area contributed by atoms with Crippen molar-refractivity contribution < 1.29 is 9.53 Å². The topological polar surface area (TPSA) is 59.4 Å². The van der Waals surface area contributed by atoms with E-state index in [1.54, 1.807) is 7.11 Å². The molecule has 1 N–H and O–H groups in total. The Morgan fingerprint density at radius 1 is 1.14 bits per heavy atom. The summed E-state index contributed by atoms with van der Waals surface area (Å²) in [5.74, 6) is 1.34. The van der Waals surface area contributed by atoms with Gasteiger partial charge < -0.3 is 19.5 Å². The Kier molecular flexibility index (Phi) is 8.04. The number of nitrogens with one attached hydrogen (secondary N) is 1. The van der Waals surface area contributed by atoms with Crippen LogP contribution >= 0.6 is 0 Å². The minimum atomic E-state index is -0.233. The highest BCUT2D eigenvalue weighted by atomic mass is 16.5. The summed E-state index contributed by atoms with van der Waals surface area (Å²) in [4.78, 5) is 20.7. The van der Waals surface area contributed by atoms with Crippen LogP contribution in [0.2, 0.25) is 0 Å². The fourth-order valence-corrected chi connectivity index (χ4v) is 5.00. The Morgan fingerprint density at radius 2 is 1.83 bits per heavy atom. The number of aromatic nitrogens is 2. The first-order valence-electron chi connectivity index (χ1n) is 12.5. The molecule has 2 heterocycles. The first-order valence-corrected chi connectivity index (χ1v) is 12.5. The Hall–Kier alpha value is -2.96. The molecule has 0 radical (unpaired) electrons. The van der Waals surface area contributed by atoms with Gasteiger partial charge in [-0.3, -0.25) is 4.79 Å². The van der Waals surface area contributed by atoms with Gasteiger partial charge in [0.2, 0.25) is 5.91 Å². The number of amides is 1. The zero-order valence-electron chi connectivity index (χ0n) is 21.4. The number of methoxy groups -OCH3 is 1. The molecule has 1 saturated heterocycles. The Bertz CT molecular complexity index is 1080. The van der Waals surface area contributed by atoms with Crippen LogP contribution in [0.5, 0.6) is 0 Å². The van der Waals surface area contributed by atoms with Crippen LogP contribution in [0.1, 0.15) is 44.6 Å². The molecule has 6 nitrogen and oxygen atoms in total. The zero-order valence-corrected chi connectivity index (χ0v) is 21.4. The smallest absolute Gasteiger partial charge is 0.249 e. The maximum atomic E-state index is 13.5. The van der Waals surface area contributed by atoms with Crippen LogP contribution in [-0.2, 0) is 16.1 Å². The lowest BCUT2D eigenvalue weighted by Gasteiger charge is -2.41. The van der Waals surface area contributed by atoms with E-state index in [9.17, 15) is 4.79 Å². The van der Waals surface area contributed by atoms with Crippen LogP contribution in [0.4, 0.5) is 0 Å². The number of benzene rings is 2. The number of hydrogen-bond donors (Lipinski definition) is 1. The molecular weight excluding hydrogens is 436 g/mol. The molecule has 1 aromatic heterocycles. The van der Waals surface area contributed by atoms with Gasteiger partial charge >= 0.3 is 0 Å². The predicted octanol–water partition coefficient (Wildman–Crippen LogP) is 4.77. The second-order valence-electron chi connectivity index (χ2n) is 10.6. The lowest BCUT2D eigenvalue weighted by Crippen LogP contribution is -2.46. The summed E-state index contributed by atoms with van der Waals surface area (Å²) >= 11 is 0. The van der Waals surface area contributed by atoms with Gasteiger partial charge in [-0.15, -0.1) is 0 Å². The van der Waals surface area contributed by atoms with Gasteiger partial charge in [0.15, 0.2) is 0 Å². The largest absolute Gasteiger partial charge is 0.375 e. The quantitative estimate of drug-likeness (QED) is 0.485. The van der Waals surface area contributed by atoms with Crippen molar-refractivity contribution in [3.8, 4) is 11.3 Å². The van der Waals surface area contributed by atoms with E-state index in [1.807, 2.05) is 29.2 Å². The molecule has 2 atom stereocenters. The van der Waals surface area contributed by atoms with Crippen molar-refractivity contribution in [2.45, 2.75) is 39.8 Å². The average Bonchev–Trinajstić information content (AvgIpc) is 3.50. The summed E-state index contributed by atoms with van der Waals surface area (Å²) in [6, 6.07) is 20.5. The number of carbonyl (C=O) groups is 1. The van der Waals surface area contributed by atoms with Gasteiger partial charge in [-0.05, 0) is 36.4 Å². The summed E-state index contributed by atoms with van der Waals surface area (Å²) in [7, 11) is 1.59. The summed E-state index contributed by atoms with van der Waals surface area (Å²) < 4.78 is 7.54. The predicted molar refractivity (Wildman–Crippen MR) is 140 cm³/mol. The monoisotopic (exact) mass is 474 g/mol. The number of carbonyl (C=O) groups excluding carboxylic acids is 1. The number of rotatable bonds is 9. The number of imidazole rings is 1.